The van der Waals surface area contributed by atoms with Crippen molar-refractivity contribution in [1.82, 2.24) is 29.4 Å². The number of aromatic nitrogens is 5. The summed E-state index contributed by atoms with van der Waals surface area (Å²) in [6.45, 7) is 5.29. The van der Waals surface area contributed by atoms with Crippen molar-refractivity contribution in [2.75, 3.05) is 6.54 Å². The van der Waals surface area contributed by atoms with Gasteiger partial charge >= 0.3 is 0 Å². The van der Waals surface area contributed by atoms with E-state index in [1.807, 2.05) is 16.3 Å². The zero-order chi connectivity index (χ0) is 17.6. The van der Waals surface area contributed by atoms with Gasteiger partial charge in [0.1, 0.15) is 12.0 Å². The van der Waals surface area contributed by atoms with Crippen LogP contribution in [-0.2, 0) is 20.0 Å². The number of furan rings is 1. The van der Waals surface area contributed by atoms with Crippen LogP contribution in [0.4, 0.5) is 0 Å². The highest BCUT2D eigenvalue weighted by atomic mass is 16.3. The Labute approximate surface area is 145 Å². The molecule has 4 rings (SSSR count). The third-order valence-electron chi connectivity index (χ3n) is 4.60. The first kappa shape index (κ1) is 15.6. The summed E-state index contributed by atoms with van der Waals surface area (Å²) in [6.07, 6.45) is 3.99. The van der Waals surface area contributed by atoms with Crippen LogP contribution >= 0.6 is 0 Å². The van der Waals surface area contributed by atoms with Gasteiger partial charge in [-0.3, -0.25) is 9.48 Å². The van der Waals surface area contributed by atoms with Gasteiger partial charge in [0.15, 0.2) is 11.6 Å². The van der Waals surface area contributed by atoms with Gasteiger partial charge in [-0.1, -0.05) is 0 Å². The third kappa shape index (κ3) is 2.54. The van der Waals surface area contributed by atoms with E-state index in [4.69, 9.17) is 4.42 Å². The first-order chi connectivity index (χ1) is 12.1. The number of carbonyl (C=O) groups is 1. The summed E-state index contributed by atoms with van der Waals surface area (Å²) in [5.41, 5.74) is 2.96. The molecule has 8 heteroatoms. The van der Waals surface area contributed by atoms with Crippen LogP contribution in [0.25, 0.3) is 11.5 Å². The minimum Gasteiger partial charge on any atom is -0.459 e. The maximum absolute atomic E-state index is 12.6. The Bertz CT molecular complexity index is 906. The van der Waals surface area contributed by atoms with E-state index in [1.165, 1.54) is 6.26 Å². The Morgan fingerprint density at radius 2 is 2.20 bits per heavy atom. The predicted octanol–water partition coefficient (Wildman–Crippen LogP) is 2.05. The lowest BCUT2D eigenvalue weighted by Gasteiger charge is -2.27. The van der Waals surface area contributed by atoms with E-state index in [9.17, 15) is 4.79 Å². The Hall–Kier alpha value is -2.90. The summed E-state index contributed by atoms with van der Waals surface area (Å²) >= 11 is 0. The van der Waals surface area contributed by atoms with E-state index in [0.717, 1.165) is 29.2 Å². The van der Waals surface area contributed by atoms with Gasteiger partial charge < -0.3 is 13.9 Å². The second-order valence-corrected chi connectivity index (χ2v) is 6.51. The van der Waals surface area contributed by atoms with E-state index in [1.54, 1.807) is 23.4 Å². The molecule has 1 aliphatic heterocycles. The zero-order valence-electron chi connectivity index (χ0n) is 14.5. The lowest BCUT2D eigenvalue weighted by Crippen LogP contribution is -2.36. The fourth-order valence-corrected chi connectivity index (χ4v) is 3.29. The van der Waals surface area contributed by atoms with Crippen LogP contribution in [0.1, 0.15) is 41.7 Å². The van der Waals surface area contributed by atoms with Crippen molar-refractivity contribution in [3.63, 3.8) is 0 Å². The molecule has 0 radical (unpaired) electrons. The molecule has 25 heavy (non-hydrogen) atoms. The largest absolute Gasteiger partial charge is 0.459 e. The first-order valence-electron chi connectivity index (χ1n) is 8.33. The fourth-order valence-electron chi connectivity index (χ4n) is 3.29. The molecule has 0 aromatic carbocycles. The van der Waals surface area contributed by atoms with Gasteiger partial charge in [-0.2, -0.15) is 5.10 Å². The van der Waals surface area contributed by atoms with E-state index in [0.29, 0.717) is 18.8 Å². The molecule has 0 aliphatic carbocycles. The maximum Gasteiger partial charge on any atom is 0.289 e. The van der Waals surface area contributed by atoms with Crippen LogP contribution in [-0.4, -0.2) is 41.9 Å². The number of fused-ring (bicyclic) bond motifs is 1. The van der Waals surface area contributed by atoms with Crippen LogP contribution < -0.4 is 0 Å². The first-order valence-corrected chi connectivity index (χ1v) is 8.33. The molecular formula is C17H20N6O2. The number of nitrogens with zero attached hydrogens (tertiary/aromatic N) is 6. The lowest BCUT2D eigenvalue weighted by atomic mass is 10.0. The number of aryl methyl sites for hydroxylation is 1. The summed E-state index contributed by atoms with van der Waals surface area (Å²) < 4.78 is 9.14. The van der Waals surface area contributed by atoms with E-state index in [-0.39, 0.29) is 11.9 Å². The Kier molecular flexibility index (Phi) is 3.67. The van der Waals surface area contributed by atoms with Crippen molar-refractivity contribution >= 4 is 5.91 Å². The molecular weight excluding hydrogens is 320 g/mol. The lowest BCUT2D eigenvalue weighted by molar-refractivity contribution is 0.0701. The van der Waals surface area contributed by atoms with E-state index < -0.39 is 0 Å². The van der Waals surface area contributed by atoms with Gasteiger partial charge in [0.25, 0.3) is 5.91 Å². The number of rotatable bonds is 3. The highest BCUT2D eigenvalue weighted by Gasteiger charge is 2.30. The average Bonchev–Trinajstić information content (AvgIpc) is 3.34. The van der Waals surface area contributed by atoms with E-state index >= 15 is 0 Å². The monoisotopic (exact) mass is 340 g/mol. The molecule has 3 aromatic heterocycles. The van der Waals surface area contributed by atoms with Crippen molar-refractivity contribution in [2.24, 2.45) is 7.05 Å². The second-order valence-electron chi connectivity index (χ2n) is 6.51. The normalized spacial score (nSPS) is 14.2. The van der Waals surface area contributed by atoms with Crippen molar-refractivity contribution in [1.29, 1.82) is 0 Å². The molecule has 1 aliphatic rings. The molecule has 0 bridgehead atoms. The number of hydrogen-bond acceptors (Lipinski definition) is 5. The molecule has 1 amide bonds. The van der Waals surface area contributed by atoms with Crippen molar-refractivity contribution in [3.8, 4) is 11.5 Å². The molecule has 0 N–H and O–H groups in total. The SMILES string of the molecule is CC(C)n1cnnc1-c1nn(C)c2c1CN(C(=O)c1ccco1)CC2. The number of amides is 1. The minimum absolute atomic E-state index is 0.101. The highest BCUT2D eigenvalue weighted by Crippen LogP contribution is 2.30. The van der Waals surface area contributed by atoms with Gasteiger partial charge in [0, 0.05) is 37.3 Å². The maximum atomic E-state index is 12.6. The molecule has 0 spiro atoms. The third-order valence-corrected chi connectivity index (χ3v) is 4.60. The molecule has 0 fully saturated rings. The Morgan fingerprint density at radius 1 is 1.36 bits per heavy atom. The standard InChI is InChI=1S/C17H20N6O2/c1-11(2)23-10-18-19-16(23)15-12-9-22(7-6-13(12)21(3)20-15)17(24)14-5-4-8-25-14/h4-5,8,10-11H,6-7,9H2,1-3H3. The quantitative estimate of drug-likeness (QED) is 0.729. The summed E-state index contributed by atoms with van der Waals surface area (Å²) in [5, 5.41) is 13.0. The van der Waals surface area contributed by atoms with Gasteiger partial charge in [0.05, 0.1) is 12.8 Å². The predicted molar refractivity (Wildman–Crippen MR) is 89.8 cm³/mol. The minimum atomic E-state index is -0.101. The zero-order valence-corrected chi connectivity index (χ0v) is 14.5. The Balaban J connectivity index is 1.72. The second kappa shape index (κ2) is 5.87. The fraction of sp³-hybridized carbons (Fsp3) is 0.412. The van der Waals surface area contributed by atoms with Crippen LogP contribution in [0.15, 0.2) is 29.1 Å². The highest BCUT2D eigenvalue weighted by molar-refractivity contribution is 5.91. The summed E-state index contributed by atoms with van der Waals surface area (Å²) in [4.78, 5) is 14.4. The van der Waals surface area contributed by atoms with Crippen LogP contribution in [0.5, 0.6) is 0 Å². The Morgan fingerprint density at radius 3 is 2.92 bits per heavy atom. The van der Waals surface area contributed by atoms with Gasteiger partial charge in [0.2, 0.25) is 0 Å². The molecule has 4 heterocycles. The topological polar surface area (TPSA) is 82.0 Å². The molecule has 0 unspecified atom stereocenters. The summed E-state index contributed by atoms with van der Waals surface area (Å²) in [7, 11) is 1.93. The van der Waals surface area contributed by atoms with Crippen molar-refractivity contribution in [2.45, 2.75) is 32.9 Å². The molecule has 0 atom stereocenters. The molecule has 3 aromatic rings. The van der Waals surface area contributed by atoms with Crippen LogP contribution in [0.2, 0.25) is 0 Å². The molecule has 0 saturated carbocycles. The molecule has 8 nitrogen and oxygen atoms in total. The molecule has 130 valence electrons. The van der Waals surface area contributed by atoms with Gasteiger partial charge in [-0.15, -0.1) is 10.2 Å². The van der Waals surface area contributed by atoms with Gasteiger partial charge in [-0.25, -0.2) is 0 Å². The van der Waals surface area contributed by atoms with Crippen LogP contribution in [0.3, 0.4) is 0 Å². The van der Waals surface area contributed by atoms with Gasteiger partial charge in [-0.05, 0) is 26.0 Å². The average molecular weight is 340 g/mol. The number of carbonyl (C=O) groups excluding carboxylic acids is 1. The van der Waals surface area contributed by atoms with Crippen molar-refractivity contribution < 1.29 is 9.21 Å². The summed E-state index contributed by atoms with van der Waals surface area (Å²) in [5.74, 6) is 0.995. The molecule has 0 saturated heterocycles. The van der Waals surface area contributed by atoms with Crippen LogP contribution in [0, 0.1) is 0 Å². The number of hydrogen-bond donors (Lipinski definition) is 0. The summed E-state index contributed by atoms with van der Waals surface area (Å²) in [6, 6.07) is 3.65. The van der Waals surface area contributed by atoms with Crippen molar-refractivity contribution in [3.05, 3.63) is 41.7 Å². The van der Waals surface area contributed by atoms with E-state index in [2.05, 4.69) is 29.1 Å². The smallest absolute Gasteiger partial charge is 0.289 e.